The van der Waals surface area contributed by atoms with E-state index in [1.165, 1.54) is 21.1 Å². The summed E-state index contributed by atoms with van der Waals surface area (Å²) in [5, 5.41) is 0. The second-order valence-electron chi connectivity index (χ2n) is 4.65. The van der Waals surface area contributed by atoms with Crippen LogP contribution in [0.4, 0.5) is 0 Å². The average molecular weight is 330 g/mol. The van der Waals surface area contributed by atoms with E-state index in [1.54, 1.807) is 14.2 Å². The van der Waals surface area contributed by atoms with Crippen LogP contribution in [0, 0.1) is 3.57 Å². The fraction of sp³-hybridized carbons (Fsp3) is 0.538. The molecule has 0 spiro atoms. The summed E-state index contributed by atoms with van der Waals surface area (Å²) in [5.74, 6) is 0.660. The van der Waals surface area contributed by atoms with Crippen molar-refractivity contribution in [1.82, 2.24) is 0 Å². The Balaban J connectivity index is 2.11. The molecule has 1 aromatic rings. The zero-order valence-corrected chi connectivity index (χ0v) is 11.7. The molecule has 0 saturated heterocycles. The summed E-state index contributed by atoms with van der Waals surface area (Å²) in [7, 11) is 3.52. The van der Waals surface area contributed by atoms with Crippen LogP contribution in [0.25, 0.3) is 0 Å². The monoisotopic (exact) mass is 330 g/mol. The molecular weight excluding hydrogens is 315 g/mol. The minimum atomic E-state index is -0.373. The van der Waals surface area contributed by atoms with Crippen molar-refractivity contribution in [2.45, 2.75) is 30.5 Å². The van der Waals surface area contributed by atoms with Gasteiger partial charge in [-0.3, -0.25) is 0 Å². The van der Waals surface area contributed by atoms with Gasteiger partial charge in [0, 0.05) is 30.1 Å². The maximum Gasteiger partial charge on any atom is 0.174 e. The molecule has 16 heavy (non-hydrogen) atoms. The molecule has 1 fully saturated rings. The Morgan fingerprint density at radius 3 is 2.75 bits per heavy atom. The van der Waals surface area contributed by atoms with Crippen LogP contribution in [-0.4, -0.2) is 20.0 Å². The van der Waals surface area contributed by atoms with Gasteiger partial charge in [-0.1, -0.05) is 12.1 Å². The number of hydrogen-bond acceptors (Lipinski definition) is 2. The van der Waals surface area contributed by atoms with E-state index >= 15 is 0 Å². The summed E-state index contributed by atoms with van der Waals surface area (Å²) >= 11 is 2.44. The topological polar surface area (TPSA) is 18.5 Å². The predicted octanol–water partition coefficient (Wildman–Crippen LogP) is 3.25. The maximum atomic E-state index is 5.65. The molecule has 2 atom stereocenters. The van der Waals surface area contributed by atoms with Crippen molar-refractivity contribution in [2.24, 2.45) is 0 Å². The summed E-state index contributed by atoms with van der Waals surface area (Å²) < 4.78 is 12.7. The van der Waals surface area contributed by atoms with E-state index in [0.29, 0.717) is 11.8 Å². The number of fused-ring (bicyclic) bond motifs is 5. The maximum absolute atomic E-state index is 5.65. The lowest BCUT2D eigenvalue weighted by Gasteiger charge is -2.36. The van der Waals surface area contributed by atoms with Gasteiger partial charge in [-0.05, 0) is 52.1 Å². The molecule has 2 aliphatic carbocycles. The van der Waals surface area contributed by atoms with Crippen LogP contribution >= 0.6 is 22.6 Å². The molecule has 2 nitrogen and oxygen atoms in total. The molecule has 0 radical (unpaired) electrons. The number of hydrogen-bond donors (Lipinski definition) is 0. The Hall–Kier alpha value is -0.130. The lowest BCUT2D eigenvalue weighted by Crippen LogP contribution is -2.38. The molecule has 0 amide bonds. The van der Waals surface area contributed by atoms with E-state index in [0.717, 1.165) is 6.42 Å². The third kappa shape index (κ3) is 1.25. The van der Waals surface area contributed by atoms with Crippen molar-refractivity contribution in [2.75, 3.05) is 14.2 Å². The van der Waals surface area contributed by atoms with Gasteiger partial charge in [0.1, 0.15) is 0 Å². The van der Waals surface area contributed by atoms with Crippen LogP contribution in [-0.2, 0) is 9.47 Å². The van der Waals surface area contributed by atoms with Gasteiger partial charge in [0.25, 0.3) is 0 Å². The highest BCUT2D eigenvalue weighted by atomic mass is 127. The van der Waals surface area contributed by atoms with Gasteiger partial charge in [0.05, 0.1) is 0 Å². The van der Waals surface area contributed by atoms with Crippen LogP contribution in [0.5, 0.6) is 0 Å². The molecule has 2 aliphatic rings. The van der Waals surface area contributed by atoms with Gasteiger partial charge >= 0.3 is 0 Å². The van der Waals surface area contributed by atoms with Gasteiger partial charge in [-0.15, -0.1) is 0 Å². The molecule has 3 heteroatoms. The number of methoxy groups -OCH3 is 2. The quantitative estimate of drug-likeness (QED) is 0.612. The van der Waals surface area contributed by atoms with Crippen LogP contribution in [0.1, 0.15) is 35.8 Å². The molecular formula is C13H15IO2. The van der Waals surface area contributed by atoms with Crippen LogP contribution in [0.3, 0.4) is 0 Å². The standard InChI is InChI=1S/C13H15IO2/c1-15-13(16-2)7-8-6-10(13)9-4-3-5-11(14)12(8)9/h3-5,8,10H,6-7H2,1-2H3/t8-,10+/m0/s1. The molecule has 3 rings (SSSR count). The lowest BCUT2D eigenvalue weighted by molar-refractivity contribution is -0.213. The highest BCUT2D eigenvalue weighted by Gasteiger charge is 2.55. The summed E-state index contributed by atoms with van der Waals surface area (Å²) in [6.45, 7) is 0. The second kappa shape index (κ2) is 3.68. The van der Waals surface area contributed by atoms with E-state index in [-0.39, 0.29) is 5.79 Å². The van der Waals surface area contributed by atoms with Gasteiger partial charge in [-0.25, -0.2) is 0 Å². The highest BCUT2D eigenvalue weighted by molar-refractivity contribution is 14.1. The smallest absolute Gasteiger partial charge is 0.174 e. The molecule has 2 bridgehead atoms. The molecule has 0 aromatic heterocycles. The summed E-state index contributed by atoms with van der Waals surface area (Å²) in [5.41, 5.74) is 2.98. The molecule has 1 saturated carbocycles. The minimum Gasteiger partial charge on any atom is -0.353 e. The summed E-state index contributed by atoms with van der Waals surface area (Å²) in [6, 6.07) is 6.56. The Morgan fingerprint density at radius 1 is 1.31 bits per heavy atom. The number of rotatable bonds is 2. The Kier molecular flexibility index (Phi) is 2.53. The third-order valence-corrected chi connectivity index (χ3v) is 5.08. The lowest BCUT2D eigenvalue weighted by atomic mass is 9.87. The van der Waals surface area contributed by atoms with E-state index in [2.05, 4.69) is 40.8 Å². The van der Waals surface area contributed by atoms with E-state index in [9.17, 15) is 0 Å². The van der Waals surface area contributed by atoms with Crippen LogP contribution in [0.15, 0.2) is 18.2 Å². The van der Waals surface area contributed by atoms with Crippen molar-refractivity contribution >= 4 is 22.6 Å². The molecule has 86 valence electrons. The molecule has 1 aromatic carbocycles. The predicted molar refractivity (Wildman–Crippen MR) is 70.6 cm³/mol. The molecule has 0 aliphatic heterocycles. The summed E-state index contributed by atoms with van der Waals surface area (Å²) in [4.78, 5) is 0. The zero-order chi connectivity index (χ0) is 11.3. The number of ether oxygens (including phenoxy) is 2. The third-order valence-electron chi connectivity index (χ3n) is 4.14. The van der Waals surface area contributed by atoms with Crippen molar-refractivity contribution in [1.29, 1.82) is 0 Å². The van der Waals surface area contributed by atoms with Gasteiger partial charge in [0.2, 0.25) is 0 Å². The first-order valence-electron chi connectivity index (χ1n) is 5.60. The Morgan fingerprint density at radius 2 is 2.06 bits per heavy atom. The second-order valence-corrected chi connectivity index (χ2v) is 5.81. The first kappa shape index (κ1) is 11.0. The van der Waals surface area contributed by atoms with Crippen LogP contribution in [0.2, 0.25) is 0 Å². The zero-order valence-electron chi connectivity index (χ0n) is 9.50. The Labute approximate surface area is 109 Å². The van der Waals surface area contributed by atoms with Gasteiger partial charge < -0.3 is 9.47 Å². The average Bonchev–Trinajstić information content (AvgIpc) is 2.85. The summed E-state index contributed by atoms with van der Waals surface area (Å²) in [6.07, 6.45) is 2.18. The van der Waals surface area contributed by atoms with Crippen molar-refractivity contribution in [3.05, 3.63) is 32.9 Å². The van der Waals surface area contributed by atoms with E-state index in [4.69, 9.17) is 9.47 Å². The molecule has 0 N–H and O–H groups in total. The number of benzene rings is 1. The first-order chi connectivity index (χ1) is 7.72. The van der Waals surface area contributed by atoms with E-state index < -0.39 is 0 Å². The normalized spacial score (nSPS) is 29.4. The van der Waals surface area contributed by atoms with Crippen molar-refractivity contribution in [3.63, 3.8) is 0 Å². The van der Waals surface area contributed by atoms with Gasteiger partial charge in [-0.2, -0.15) is 0 Å². The highest BCUT2D eigenvalue weighted by Crippen LogP contribution is 2.60. The van der Waals surface area contributed by atoms with Crippen LogP contribution < -0.4 is 0 Å². The molecule has 0 unspecified atom stereocenters. The largest absolute Gasteiger partial charge is 0.353 e. The molecule has 0 heterocycles. The fourth-order valence-electron chi connectivity index (χ4n) is 3.44. The van der Waals surface area contributed by atoms with Gasteiger partial charge in [0.15, 0.2) is 5.79 Å². The number of halogens is 1. The van der Waals surface area contributed by atoms with Crippen molar-refractivity contribution in [3.8, 4) is 0 Å². The van der Waals surface area contributed by atoms with Crippen molar-refractivity contribution < 1.29 is 9.47 Å². The Bertz CT molecular complexity index is 426. The van der Waals surface area contributed by atoms with E-state index in [1.807, 2.05) is 0 Å². The minimum absolute atomic E-state index is 0.373. The SMILES string of the molecule is COC1(OC)C[C@@H]2C[C@@H]1c1cccc(I)c12. The fourth-order valence-corrected chi connectivity index (χ4v) is 4.40. The first-order valence-corrected chi connectivity index (χ1v) is 6.68.